The first-order chi connectivity index (χ1) is 24.1. The van der Waals surface area contributed by atoms with Crippen molar-refractivity contribution in [3.05, 3.63) is 133 Å². The monoisotopic (exact) mass is 634 g/mol. The lowest BCUT2D eigenvalue weighted by atomic mass is 9.94. The van der Waals surface area contributed by atoms with Crippen LogP contribution in [-0.4, -0.2) is 32.0 Å². The molecule has 0 saturated carbocycles. The van der Waals surface area contributed by atoms with Gasteiger partial charge in [-0.2, -0.15) is 0 Å². The van der Waals surface area contributed by atoms with E-state index in [9.17, 15) is 0 Å². The summed E-state index contributed by atoms with van der Waals surface area (Å²) in [6, 6.07) is 41.7. The van der Waals surface area contributed by atoms with Gasteiger partial charge in [-0.05, 0) is 64.7 Å². The number of nitrogens with zero attached hydrogens (tertiary/aromatic N) is 4. The van der Waals surface area contributed by atoms with E-state index in [1.807, 2.05) is 42.5 Å². The van der Waals surface area contributed by atoms with Crippen molar-refractivity contribution < 1.29 is 4.74 Å². The summed E-state index contributed by atoms with van der Waals surface area (Å²) < 4.78 is 5.49. The normalized spacial score (nSPS) is 11.6. The van der Waals surface area contributed by atoms with E-state index in [2.05, 4.69) is 95.8 Å². The zero-order valence-corrected chi connectivity index (χ0v) is 26.9. The minimum atomic E-state index is 0.359. The number of hydrogen-bond donors (Lipinski definition) is 2. The average Bonchev–Trinajstić information content (AvgIpc) is 3.54. The minimum Gasteiger partial charge on any atom is -0.497 e. The second-order valence-electron chi connectivity index (χ2n) is 12.3. The lowest BCUT2D eigenvalue weighted by molar-refractivity contribution is 0.415. The Labute approximate surface area is 282 Å². The van der Waals surface area contributed by atoms with E-state index in [0.717, 1.165) is 72.0 Å². The number of pyridine rings is 2. The van der Waals surface area contributed by atoms with Crippen molar-refractivity contribution >= 4 is 49.4 Å². The Hall–Kier alpha value is -6.60. The fourth-order valence-electron chi connectivity index (χ4n) is 6.84. The summed E-state index contributed by atoms with van der Waals surface area (Å²) in [6.07, 6.45) is 1.53. The highest BCUT2D eigenvalue weighted by molar-refractivity contribution is 6.20. The van der Waals surface area contributed by atoms with Gasteiger partial charge in [0.2, 0.25) is 0 Å². The molecule has 7 nitrogen and oxygen atoms in total. The van der Waals surface area contributed by atoms with Crippen LogP contribution in [-0.2, 0) is 0 Å². The van der Waals surface area contributed by atoms with E-state index >= 15 is 0 Å². The van der Waals surface area contributed by atoms with Gasteiger partial charge in [-0.25, -0.2) is 19.9 Å². The Kier molecular flexibility index (Phi) is 6.59. The summed E-state index contributed by atoms with van der Waals surface area (Å²) in [4.78, 5) is 23.7. The topological polar surface area (TPSA) is 103 Å². The molecule has 0 bridgehead atoms. The van der Waals surface area contributed by atoms with E-state index in [-0.39, 0.29) is 0 Å². The molecule has 7 heteroatoms. The maximum Gasteiger partial charge on any atom is 0.163 e. The molecule has 0 spiro atoms. The van der Waals surface area contributed by atoms with Crippen LogP contribution < -0.4 is 10.5 Å². The van der Waals surface area contributed by atoms with Crippen LogP contribution in [0.2, 0.25) is 0 Å². The quantitative estimate of drug-likeness (QED) is 0.183. The summed E-state index contributed by atoms with van der Waals surface area (Å²) in [6.45, 7) is 2.09. The Morgan fingerprint density at radius 2 is 1.43 bits per heavy atom. The number of anilines is 1. The first-order valence-corrected chi connectivity index (χ1v) is 16.1. The van der Waals surface area contributed by atoms with Gasteiger partial charge >= 0.3 is 0 Å². The smallest absolute Gasteiger partial charge is 0.163 e. The minimum absolute atomic E-state index is 0.359. The maximum absolute atomic E-state index is 6.78. The zero-order chi connectivity index (χ0) is 33.1. The molecule has 9 rings (SSSR count). The molecular formula is C42H30N6O. The number of nitrogen functional groups attached to an aromatic ring is 1. The summed E-state index contributed by atoms with van der Waals surface area (Å²) >= 11 is 0. The molecule has 0 aliphatic heterocycles. The number of rotatable bonds is 5. The fourth-order valence-corrected chi connectivity index (χ4v) is 6.84. The van der Waals surface area contributed by atoms with E-state index in [4.69, 9.17) is 25.4 Å². The van der Waals surface area contributed by atoms with Gasteiger partial charge in [0.1, 0.15) is 17.9 Å². The van der Waals surface area contributed by atoms with Crippen LogP contribution in [0.25, 0.3) is 88.5 Å². The fraction of sp³-hybridized carbons (Fsp3) is 0.0476. The third kappa shape index (κ3) is 4.74. The molecule has 4 aromatic heterocycles. The molecule has 9 aromatic rings. The molecule has 0 saturated heterocycles. The van der Waals surface area contributed by atoms with Crippen molar-refractivity contribution in [3.8, 4) is 50.6 Å². The van der Waals surface area contributed by atoms with Gasteiger partial charge in [0.05, 0.1) is 40.5 Å². The third-order valence-electron chi connectivity index (χ3n) is 9.28. The SMILES string of the molecule is COc1ccc2cc(-c3cc(-c4ccc(C)cc4)nc4nc(-c5c(-c6ccccc6)[nH]c6ccccc56)c5c(N)ncnc5c34)ccc2c1. The van der Waals surface area contributed by atoms with Crippen LogP contribution in [0.3, 0.4) is 0 Å². The standard InChI is InChI=1S/C42H30N6O/c1-24-12-14-25(15-13-24)34-22-32(29-17-16-28-21-30(49-2)19-18-27(28)20-29)36-39-37(41(43)45-23-44-39)40(48-42(36)47-34)35-31-10-6-7-11-33(31)46-38(35)26-8-4-3-5-9-26/h3-23,46H,1-2H3,(H2,43,44,45). The van der Waals surface area contributed by atoms with Crippen molar-refractivity contribution in [3.63, 3.8) is 0 Å². The number of fused-ring (bicyclic) bond motifs is 5. The Bertz CT molecular complexity index is 2720. The van der Waals surface area contributed by atoms with Crippen LogP contribution in [0.5, 0.6) is 5.75 Å². The van der Waals surface area contributed by atoms with Gasteiger partial charge < -0.3 is 15.5 Å². The summed E-state index contributed by atoms with van der Waals surface area (Å²) in [5, 5.41) is 4.71. The number of nitrogens with one attached hydrogen (secondary N) is 1. The van der Waals surface area contributed by atoms with Gasteiger partial charge in [-0.15, -0.1) is 0 Å². The molecular weight excluding hydrogens is 605 g/mol. The average molecular weight is 635 g/mol. The molecule has 0 atom stereocenters. The second-order valence-corrected chi connectivity index (χ2v) is 12.3. The molecule has 0 radical (unpaired) electrons. The predicted molar refractivity (Wildman–Crippen MR) is 199 cm³/mol. The first-order valence-electron chi connectivity index (χ1n) is 16.1. The molecule has 5 aromatic carbocycles. The van der Waals surface area contributed by atoms with E-state index in [1.54, 1.807) is 7.11 Å². The Morgan fingerprint density at radius 1 is 0.673 bits per heavy atom. The number of benzene rings is 5. The van der Waals surface area contributed by atoms with Crippen molar-refractivity contribution in [2.45, 2.75) is 6.92 Å². The Balaban J connectivity index is 1.41. The molecule has 234 valence electrons. The number of nitrogens with two attached hydrogens (primary N) is 1. The number of ether oxygens (including phenoxy) is 1. The maximum atomic E-state index is 6.78. The number of aromatic amines is 1. The van der Waals surface area contributed by atoms with Crippen LogP contribution in [0.4, 0.5) is 5.82 Å². The summed E-state index contributed by atoms with van der Waals surface area (Å²) in [7, 11) is 1.68. The third-order valence-corrected chi connectivity index (χ3v) is 9.28. The summed E-state index contributed by atoms with van der Waals surface area (Å²) in [5.41, 5.74) is 17.6. The lowest BCUT2D eigenvalue weighted by Crippen LogP contribution is -2.02. The van der Waals surface area contributed by atoms with Gasteiger partial charge in [-0.3, -0.25) is 0 Å². The molecule has 4 heterocycles. The number of methoxy groups -OCH3 is 1. The lowest BCUT2D eigenvalue weighted by Gasteiger charge is -2.16. The van der Waals surface area contributed by atoms with Gasteiger partial charge in [0.15, 0.2) is 5.65 Å². The van der Waals surface area contributed by atoms with Crippen LogP contribution >= 0.6 is 0 Å². The molecule has 0 unspecified atom stereocenters. The second kappa shape index (κ2) is 11.3. The highest BCUT2D eigenvalue weighted by Crippen LogP contribution is 2.45. The molecule has 0 aliphatic carbocycles. The molecule has 0 aliphatic rings. The summed E-state index contributed by atoms with van der Waals surface area (Å²) in [5.74, 6) is 1.18. The van der Waals surface area contributed by atoms with E-state index in [0.29, 0.717) is 28.1 Å². The number of H-pyrrole nitrogens is 1. The number of hydrogen-bond acceptors (Lipinski definition) is 6. The van der Waals surface area contributed by atoms with Crippen LogP contribution in [0.1, 0.15) is 5.56 Å². The zero-order valence-electron chi connectivity index (χ0n) is 26.9. The molecule has 0 fully saturated rings. The van der Waals surface area contributed by atoms with Crippen LogP contribution in [0.15, 0.2) is 128 Å². The van der Waals surface area contributed by atoms with Crippen molar-refractivity contribution in [1.82, 2.24) is 24.9 Å². The highest BCUT2D eigenvalue weighted by atomic mass is 16.5. The number of aromatic nitrogens is 5. The van der Waals surface area contributed by atoms with Gasteiger partial charge in [0.25, 0.3) is 0 Å². The van der Waals surface area contributed by atoms with Crippen molar-refractivity contribution in [2.75, 3.05) is 12.8 Å². The largest absolute Gasteiger partial charge is 0.497 e. The van der Waals surface area contributed by atoms with Gasteiger partial charge in [0, 0.05) is 22.0 Å². The van der Waals surface area contributed by atoms with E-state index in [1.165, 1.54) is 11.9 Å². The van der Waals surface area contributed by atoms with Crippen molar-refractivity contribution in [2.24, 2.45) is 0 Å². The van der Waals surface area contributed by atoms with Crippen LogP contribution in [0, 0.1) is 6.92 Å². The Morgan fingerprint density at radius 3 is 2.27 bits per heavy atom. The van der Waals surface area contributed by atoms with Gasteiger partial charge in [-0.1, -0.05) is 96.6 Å². The number of aryl methyl sites for hydroxylation is 1. The predicted octanol–water partition coefficient (Wildman–Crippen LogP) is 9.77. The highest BCUT2D eigenvalue weighted by Gasteiger charge is 2.24. The molecule has 3 N–H and O–H groups in total. The van der Waals surface area contributed by atoms with E-state index < -0.39 is 0 Å². The molecule has 0 amide bonds. The first kappa shape index (κ1) is 28.6. The van der Waals surface area contributed by atoms with Crippen molar-refractivity contribution in [1.29, 1.82) is 0 Å². The molecule has 49 heavy (non-hydrogen) atoms. The number of para-hydroxylation sites is 1.